The highest BCUT2D eigenvalue weighted by molar-refractivity contribution is 7.54. The molecule has 2 unspecified atom stereocenters. The fourth-order valence-electron chi connectivity index (χ4n) is 5.44. The summed E-state index contributed by atoms with van der Waals surface area (Å²) in [6.45, 7) is 14.6. The number of methoxy groups -OCH3 is 1. The lowest BCUT2D eigenvalue weighted by molar-refractivity contribution is -0.161. The Balaban J connectivity index is 0.000000988. The zero-order valence-corrected chi connectivity index (χ0v) is 40.2. The lowest BCUT2D eigenvalue weighted by Crippen LogP contribution is -2.35. The maximum absolute atomic E-state index is 15.3. The molecule has 1 heterocycles. The van der Waals surface area contributed by atoms with Gasteiger partial charge in [-0.2, -0.15) is 8.78 Å². The van der Waals surface area contributed by atoms with Crippen LogP contribution in [0, 0.1) is 10.8 Å². The van der Waals surface area contributed by atoms with E-state index in [2.05, 4.69) is 33.7 Å². The molecular weight excluding hydrogens is 853 g/mol. The Morgan fingerprint density at radius 3 is 1.94 bits per heavy atom. The van der Waals surface area contributed by atoms with E-state index in [-0.39, 0.29) is 22.3 Å². The van der Waals surface area contributed by atoms with Gasteiger partial charge in [0.25, 0.3) is 0 Å². The maximum atomic E-state index is 15.3. The molecule has 1 fully saturated rings. The molecule has 0 spiro atoms. The van der Waals surface area contributed by atoms with Crippen molar-refractivity contribution in [1.82, 2.24) is 9.80 Å². The maximum Gasteiger partial charge on any atom is 0.409 e. The van der Waals surface area contributed by atoms with Gasteiger partial charge in [-0.1, -0.05) is 57.2 Å². The minimum atomic E-state index is -5.21. The van der Waals surface area contributed by atoms with Gasteiger partial charge in [0.2, 0.25) is 18.6 Å². The van der Waals surface area contributed by atoms with E-state index in [1.54, 1.807) is 38.7 Å². The van der Waals surface area contributed by atoms with E-state index < -0.39 is 49.7 Å². The SMILES string of the molecule is C=O.CC(=O)N(CCC=O)CCC1CCCN1C.CC(C)(C)C=O.CN(C)c1ccccc1.COCOP(=O)(OCOC(=O)C(C)(C)C)C(F)(F)c1ccc2ccc(C(N)=O)cc2c1. The number of ether oxygens (including phenoxy) is 2. The Hall–Kier alpha value is -4.93. The van der Waals surface area contributed by atoms with Crippen LogP contribution in [-0.2, 0) is 52.7 Å². The van der Waals surface area contributed by atoms with E-state index >= 15 is 8.78 Å². The Morgan fingerprint density at radius 2 is 1.48 bits per heavy atom. The van der Waals surface area contributed by atoms with Crippen LogP contribution < -0.4 is 10.6 Å². The van der Waals surface area contributed by atoms with Crippen molar-refractivity contribution in [3.05, 3.63) is 77.9 Å². The molecule has 0 aromatic heterocycles. The molecule has 18 heteroatoms. The molecule has 1 aliphatic heterocycles. The van der Waals surface area contributed by atoms with Gasteiger partial charge >= 0.3 is 19.2 Å². The molecule has 2 amide bonds. The lowest BCUT2D eigenvalue weighted by atomic mass is 9.98. The van der Waals surface area contributed by atoms with Crippen LogP contribution in [0.3, 0.4) is 0 Å². The average Bonchev–Trinajstić information content (AvgIpc) is 3.67. The summed E-state index contributed by atoms with van der Waals surface area (Å²) in [6, 6.07) is 18.7. The summed E-state index contributed by atoms with van der Waals surface area (Å²) in [5.41, 5.74) is 0.730. The van der Waals surface area contributed by atoms with Crippen LogP contribution in [0.15, 0.2) is 66.7 Å². The smallest absolute Gasteiger partial charge is 0.409 e. The summed E-state index contributed by atoms with van der Waals surface area (Å²) < 4.78 is 62.4. The Morgan fingerprint density at radius 1 is 0.906 bits per heavy atom. The second-order valence-electron chi connectivity index (χ2n) is 16.9. The van der Waals surface area contributed by atoms with Gasteiger partial charge in [-0.15, -0.1) is 0 Å². The summed E-state index contributed by atoms with van der Waals surface area (Å²) in [7, 11) is 2.17. The molecule has 1 aliphatic rings. The third kappa shape index (κ3) is 21.2. The van der Waals surface area contributed by atoms with Crippen molar-refractivity contribution in [2.45, 2.75) is 85.9 Å². The number of benzene rings is 3. The molecule has 0 bridgehead atoms. The summed E-state index contributed by atoms with van der Waals surface area (Å²) in [6.07, 6.45) is 5.77. The third-order valence-electron chi connectivity index (χ3n) is 9.17. The fourth-order valence-corrected chi connectivity index (χ4v) is 6.73. The summed E-state index contributed by atoms with van der Waals surface area (Å²) in [4.78, 5) is 68.9. The number of anilines is 1. The molecule has 3 aromatic carbocycles. The first kappa shape index (κ1) is 59.1. The number of para-hydroxylation sites is 1. The molecule has 358 valence electrons. The quantitative estimate of drug-likeness (QED) is 0.0628. The first-order chi connectivity index (χ1) is 29.8. The molecule has 1 saturated heterocycles. The monoisotopic (exact) mass is 922 g/mol. The van der Waals surface area contributed by atoms with Gasteiger partial charge in [0.15, 0.2) is 6.79 Å². The van der Waals surface area contributed by atoms with E-state index in [9.17, 15) is 28.5 Å². The molecule has 0 aliphatic carbocycles. The number of amides is 2. The van der Waals surface area contributed by atoms with Crippen LogP contribution in [0.25, 0.3) is 10.8 Å². The summed E-state index contributed by atoms with van der Waals surface area (Å²) in [5.74, 6) is -1.39. The van der Waals surface area contributed by atoms with Crippen molar-refractivity contribution in [1.29, 1.82) is 0 Å². The zero-order chi connectivity index (χ0) is 49.3. The second-order valence-corrected chi connectivity index (χ2v) is 19.0. The number of carbonyl (C=O) groups is 6. The predicted molar refractivity (Wildman–Crippen MR) is 245 cm³/mol. The van der Waals surface area contributed by atoms with Gasteiger partial charge < -0.3 is 44.3 Å². The molecule has 0 radical (unpaired) electrons. The van der Waals surface area contributed by atoms with Crippen LogP contribution in [0.5, 0.6) is 0 Å². The topological polar surface area (TPSA) is 192 Å². The van der Waals surface area contributed by atoms with Crippen LogP contribution in [-0.4, -0.2) is 114 Å². The Labute approximate surface area is 377 Å². The minimum Gasteiger partial charge on any atom is -0.438 e. The number of primary amides is 1. The normalized spacial score (nSPS) is 14.5. The van der Waals surface area contributed by atoms with Crippen LogP contribution in [0.2, 0.25) is 0 Å². The van der Waals surface area contributed by atoms with E-state index in [1.165, 1.54) is 43.3 Å². The Kier molecular flexibility index (Phi) is 26.6. The molecule has 2 atom stereocenters. The lowest BCUT2D eigenvalue weighted by Gasteiger charge is -2.27. The first-order valence-electron chi connectivity index (χ1n) is 20.5. The van der Waals surface area contributed by atoms with Gasteiger partial charge in [0.1, 0.15) is 19.4 Å². The number of alkyl halides is 2. The zero-order valence-electron chi connectivity index (χ0n) is 39.3. The first-order valence-corrected chi connectivity index (χ1v) is 22.0. The number of likely N-dealkylation sites (tertiary alicyclic amines) is 1. The number of nitrogens with two attached hydrogens (primary N) is 1. The number of hydrogen-bond acceptors (Lipinski definition) is 13. The molecule has 2 N–H and O–H groups in total. The van der Waals surface area contributed by atoms with Gasteiger partial charge in [-0.05, 0) is 94.7 Å². The van der Waals surface area contributed by atoms with Gasteiger partial charge in [0, 0.05) is 75.9 Å². The number of fused-ring (bicyclic) bond motifs is 1. The highest BCUT2D eigenvalue weighted by Crippen LogP contribution is 2.67. The van der Waals surface area contributed by atoms with Crippen LogP contribution in [0.4, 0.5) is 14.5 Å². The van der Waals surface area contributed by atoms with Crippen molar-refractivity contribution >= 4 is 61.2 Å². The summed E-state index contributed by atoms with van der Waals surface area (Å²) >= 11 is 0. The van der Waals surface area contributed by atoms with Gasteiger partial charge in [0.05, 0.1) is 5.41 Å². The van der Waals surface area contributed by atoms with Crippen molar-refractivity contribution in [2.24, 2.45) is 16.6 Å². The second kappa shape index (κ2) is 28.8. The molecule has 15 nitrogen and oxygen atoms in total. The third-order valence-corrected chi connectivity index (χ3v) is 11.0. The van der Waals surface area contributed by atoms with E-state index in [0.717, 1.165) is 44.8 Å². The molecule has 4 rings (SSSR count). The van der Waals surface area contributed by atoms with E-state index in [1.807, 2.05) is 59.9 Å². The van der Waals surface area contributed by atoms with Crippen molar-refractivity contribution < 1.29 is 60.6 Å². The average molecular weight is 923 g/mol. The number of halogens is 2. The number of aldehydes is 2. The Bertz CT molecular complexity index is 1940. The highest BCUT2D eigenvalue weighted by atomic mass is 31.2. The largest absolute Gasteiger partial charge is 0.438 e. The number of nitrogens with zero attached hydrogens (tertiary/aromatic N) is 3. The fraction of sp³-hybridized carbons (Fsp3) is 0.522. The summed E-state index contributed by atoms with van der Waals surface area (Å²) in [5, 5.41) is 0.822. The highest BCUT2D eigenvalue weighted by Gasteiger charge is 2.55. The molecular formula is C46H69F2N4O11P. The van der Waals surface area contributed by atoms with Gasteiger partial charge in [-0.3, -0.25) is 28.0 Å². The number of hydrogen-bond donors (Lipinski definition) is 1. The molecule has 64 heavy (non-hydrogen) atoms. The number of carbonyl (C=O) groups excluding carboxylic acids is 6. The van der Waals surface area contributed by atoms with Crippen LogP contribution >= 0.6 is 7.60 Å². The molecule has 0 saturated carbocycles. The number of rotatable bonds is 16. The van der Waals surface area contributed by atoms with Crippen molar-refractivity contribution in [2.75, 3.05) is 66.4 Å². The minimum absolute atomic E-state index is 0.0718. The predicted octanol–water partition coefficient (Wildman–Crippen LogP) is 8.07. The standard InChI is InChI=1S/C20H24F2NO7P.C12H22N2O2.C8H11N.C5H10O.CH2O/c1-19(2,3)18(25)28-12-30-31(26,29-11-27-4)20(21,22)16-8-7-13-5-6-14(17(23)24)9-15(13)10-16;1-11(16)14(8-4-10-15)9-6-12-5-3-7-13(12)2;1-9(2)8-6-4-3-5-7-8;1-5(2,3)4-6;1-2/h5-10H,11-12H2,1-4H3,(H2,23,24);10,12H,3-9H2,1-2H3;3-7H,1-2H3;4H,1-3H3;1H2. The van der Waals surface area contributed by atoms with Crippen molar-refractivity contribution in [3.8, 4) is 0 Å². The van der Waals surface area contributed by atoms with Crippen LogP contribution in [0.1, 0.15) is 90.1 Å². The van der Waals surface area contributed by atoms with E-state index in [0.29, 0.717) is 24.4 Å². The molecule has 3 aromatic rings. The number of esters is 1. The van der Waals surface area contributed by atoms with E-state index in [4.69, 9.17) is 24.3 Å². The van der Waals surface area contributed by atoms with Gasteiger partial charge in [-0.25, -0.2) is 0 Å². The van der Waals surface area contributed by atoms with Crippen molar-refractivity contribution in [3.63, 3.8) is 0 Å².